The fraction of sp³-hybridized carbons (Fsp3) is 1.00. The predicted octanol–water partition coefficient (Wildman–Crippen LogP) is -1.74. The predicted molar refractivity (Wildman–Crippen MR) is 43.1 cm³/mol. The molecule has 0 bridgehead atoms. The molecule has 3 N–H and O–H groups in total. The van der Waals surface area contributed by atoms with Gasteiger partial charge in [0.05, 0.1) is 12.7 Å². The summed E-state index contributed by atoms with van der Waals surface area (Å²) in [6, 6.07) is 1.13. The molecule has 0 fully saturated rings. The molecule has 62 valence electrons. The normalized spacial score (nSPS) is 17.1. The highest BCUT2D eigenvalue weighted by molar-refractivity contribution is 6.08. The van der Waals surface area contributed by atoms with Crippen molar-refractivity contribution in [3.63, 3.8) is 0 Å². The number of aliphatic hydroxyl groups excluding tert-OH is 3. The molecule has 0 aliphatic carbocycles. The minimum Gasteiger partial charge on any atom is -0.394 e. The number of rotatable bonds is 5. The highest BCUT2D eigenvalue weighted by Crippen LogP contribution is 2.03. The summed E-state index contributed by atoms with van der Waals surface area (Å²) in [5, 5.41) is 26.3. The van der Waals surface area contributed by atoms with Crippen LogP contribution in [-0.2, 0) is 0 Å². The van der Waals surface area contributed by atoms with Gasteiger partial charge in [-0.1, -0.05) is 12.5 Å². The summed E-state index contributed by atoms with van der Waals surface area (Å²) in [6.45, 7) is -0.345. The number of hydrogen-bond acceptors (Lipinski definition) is 3. The molecule has 0 amide bonds. The minimum atomic E-state index is -0.951. The lowest BCUT2D eigenvalue weighted by molar-refractivity contribution is -0.0177. The maximum atomic E-state index is 9.05. The Labute approximate surface area is 64.1 Å². The summed E-state index contributed by atoms with van der Waals surface area (Å²) in [7, 11) is 1.14. The van der Waals surface area contributed by atoms with Gasteiger partial charge in [0.15, 0.2) is 0 Å². The van der Waals surface area contributed by atoms with Crippen molar-refractivity contribution in [2.24, 2.45) is 0 Å². The second-order valence-electron chi connectivity index (χ2n) is 2.46. The first-order valence-electron chi connectivity index (χ1n) is 3.69. The zero-order valence-corrected chi connectivity index (χ0v) is 8.32. The van der Waals surface area contributed by atoms with Crippen LogP contribution in [0, 0.1) is 0 Å². The highest BCUT2D eigenvalue weighted by Gasteiger charge is 2.13. The first kappa shape index (κ1) is 10.1. The van der Waals surface area contributed by atoms with Crippen LogP contribution in [0.25, 0.3) is 0 Å². The van der Waals surface area contributed by atoms with Gasteiger partial charge in [0.25, 0.3) is 0 Å². The molecular weight excluding hydrogens is 148 g/mol. The molecule has 3 nitrogen and oxygen atoms in total. The first-order chi connectivity index (χ1) is 4.72. The van der Waals surface area contributed by atoms with Crippen LogP contribution in [0.15, 0.2) is 0 Å². The van der Waals surface area contributed by atoms with Crippen LogP contribution in [0.3, 0.4) is 0 Å². The van der Waals surface area contributed by atoms with Gasteiger partial charge in [-0.15, -0.1) is 0 Å². The second-order valence-corrected chi connectivity index (χ2v) is 3.46. The Morgan fingerprint density at radius 1 is 1.20 bits per heavy atom. The first-order valence-corrected chi connectivity index (χ1v) is 5.10. The summed E-state index contributed by atoms with van der Waals surface area (Å²) < 4.78 is 0. The van der Waals surface area contributed by atoms with Crippen molar-refractivity contribution < 1.29 is 15.3 Å². The van der Waals surface area contributed by atoms with Crippen LogP contribution in [0.5, 0.6) is 0 Å². The van der Waals surface area contributed by atoms with E-state index in [2.05, 4.69) is 0 Å². The molecule has 2 atom stereocenters. The smallest absolute Gasteiger partial charge is 0.103 e. The Morgan fingerprint density at radius 2 is 1.80 bits per heavy atom. The van der Waals surface area contributed by atoms with E-state index >= 15 is 0 Å². The van der Waals surface area contributed by atoms with E-state index in [9.17, 15) is 0 Å². The van der Waals surface area contributed by atoms with Gasteiger partial charge >= 0.3 is 0 Å². The van der Waals surface area contributed by atoms with Crippen molar-refractivity contribution in [1.29, 1.82) is 0 Å². The summed E-state index contributed by atoms with van der Waals surface area (Å²) >= 11 is 0. The third-order valence-electron chi connectivity index (χ3n) is 1.48. The van der Waals surface area contributed by atoms with Crippen molar-refractivity contribution in [3.8, 4) is 0 Å². The Morgan fingerprint density at radius 3 is 2.20 bits per heavy atom. The molecule has 0 aromatic rings. The van der Waals surface area contributed by atoms with Crippen LogP contribution >= 0.6 is 0 Å². The van der Waals surface area contributed by atoms with E-state index in [4.69, 9.17) is 15.3 Å². The quantitative estimate of drug-likeness (QED) is 0.423. The maximum Gasteiger partial charge on any atom is 0.103 e. The summed E-state index contributed by atoms with van der Waals surface area (Å²) in [6.07, 6.45) is -0.137. The molecule has 0 saturated heterocycles. The zero-order valence-electron chi connectivity index (χ0n) is 6.32. The van der Waals surface area contributed by atoms with Crippen molar-refractivity contribution in [2.75, 3.05) is 6.61 Å². The van der Waals surface area contributed by atoms with E-state index in [1.165, 1.54) is 0 Å². The highest BCUT2D eigenvalue weighted by atomic mass is 28.1. The van der Waals surface area contributed by atoms with Crippen LogP contribution in [0.2, 0.25) is 6.04 Å². The van der Waals surface area contributed by atoms with Gasteiger partial charge < -0.3 is 15.3 Å². The third-order valence-corrected chi connectivity index (χ3v) is 2.19. The molecule has 0 spiro atoms. The molecule has 0 heterocycles. The Kier molecular flexibility index (Phi) is 5.91. The minimum absolute atomic E-state index is 0.345. The average Bonchev–Trinajstić information content (AvgIpc) is 1.98. The fourth-order valence-corrected chi connectivity index (χ4v) is 1.14. The Bertz CT molecular complexity index is 79.4. The van der Waals surface area contributed by atoms with E-state index in [0.717, 1.165) is 22.7 Å². The van der Waals surface area contributed by atoms with E-state index in [1.807, 2.05) is 0 Å². The Hall–Kier alpha value is 0.0969. The van der Waals surface area contributed by atoms with Gasteiger partial charge in [-0.3, -0.25) is 0 Å². The monoisotopic (exact) mass is 164 g/mol. The van der Waals surface area contributed by atoms with Gasteiger partial charge in [0.1, 0.15) is 6.10 Å². The van der Waals surface area contributed by atoms with Crippen LogP contribution in [0.1, 0.15) is 12.8 Å². The lowest BCUT2D eigenvalue weighted by Gasteiger charge is -2.14. The zero-order chi connectivity index (χ0) is 7.98. The lowest BCUT2D eigenvalue weighted by atomic mass is 10.1. The van der Waals surface area contributed by atoms with Crippen molar-refractivity contribution in [3.05, 3.63) is 0 Å². The van der Waals surface area contributed by atoms with Crippen LogP contribution < -0.4 is 0 Å². The maximum absolute atomic E-state index is 9.05. The van der Waals surface area contributed by atoms with E-state index < -0.39 is 12.2 Å². The largest absolute Gasteiger partial charge is 0.394 e. The number of aliphatic hydroxyl groups is 3. The molecular formula is C6H16O3Si. The van der Waals surface area contributed by atoms with Gasteiger partial charge in [0.2, 0.25) is 0 Å². The van der Waals surface area contributed by atoms with Gasteiger partial charge in [-0.05, 0) is 6.42 Å². The SMILES string of the molecule is OCC(O)C(O)CCC[SiH3]. The van der Waals surface area contributed by atoms with Crippen molar-refractivity contribution >= 4 is 10.2 Å². The molecule has 0 rings (SSSR count). The van der Waals surface area contributed by atoms with Crippen LogP contribution in [0.4, 0.5) is 0 Å². The van der Waals surface area contributed by atoms with Gasteiger partial charge in [-0.25, -0.2) is 0 Å². The fourth-order valence-electron chi connectivity index (χ4n) is 0.727. The summed E-state index contributed by atoms with van der Waals surface area (Å²) in [5.41, 5.74) is 0. The summed E-state index contributed by atoms with van der Waals surface area (Å²) in [4.78, 5) is 0. The molecule has 0 aromatic carbocycles. The van der Waals surface area contributed by atoms with Gasteiger partial charge in [-0.2, -0.15) is 0 Å². The van der Waals surface area contributed by atoms with E-state index in [1.54, 1.807) is 0 Å². The Balaban J connectivity index is 3.31. The van der Waals surface area contributed by atoms with Crippen LogP contribution in [-0.4, -0.2) is 44.4 Å². The van der Waals surface area contributed by atoms with Crippen molar-refractivity contribution in [2.45, 2.75) is 31.1 Å². The summed E-state index contributed by atoms with van der Waals surface area (Å²) in [5.74, 6) is 0. The lowest BCUT2D eigenvalue weighted by Crippen LogP contribution is -2.28. The molecule has 10 heavy (non-hydrogen) atoms. The van der Waals surface area contributed by atoms with Crippen molar-refractivity contribution in [1.82, 2.24) is 0 Å². The average molecular weight is 164 g/mol. The molecule has 0 aromatic heterocycles. The standard InChI is InChI=1S/C6H16O3Si/c7-4-6(9)5(8)2-1-3-10/h5-9H,1-4H2,10H3. The van der Waals surface area contributed by atoms with E-state index in [0.29, 0.717) is 6.42 Å². The molecule has 0 aliphatic heterocycles. The third kappa shape index (κ3) is 4.00. The molecule has 0 saturated carbocycles. The molecule has 0 radical (unpaired) electrons. The molecule has 2 unspecified atom stereocenters. The topological polar surface area (TPSA) is 60.7 Å². The second kappa shape index (κ2) is 5.85. The molecule has 0 aliphatic rings. The molecule has 4 heteroatoms. The van der Waals surface area contributed by atoms with E-state index in [-0.39, 0.29) is 6.61 Å². The van der Waals surface area contributed by atoms with Gasteiger partial charge in [0, 0.05) is 10.2 Å². The number of hydrogen-bond donors (Lipinski definition) is 3.